The van der Waals surface area contributed by atoms with Gasteiger partial charge in [-0.1, -0.05) is 24.6 Å². The Bertz CT molecular complexity index is 886. The number of hydrogen-bond donors (Lipinski definition) is 1. The average molecular weight is 393 g/mol. The van der Waals surface area contributed by atoms with E-state index in [1.165, 1.54) is 4.88 Å². The van der Waals surface area contributed by atoms with E-state index in [0.717, 1.165) is 30.5 Å². The molecule has 1 aliphatic carbocycles. The summed E-state index contributed by atoms with van der Waals surface area (Å²) in [4.78, 5) is 18.2. The van der Waals surface area contributed by atoms with Gasteiger partial charge in [0, 0.05) is 11.3 Å². The molecule has 0 radical (unpaired) electrons. The number of fused-ring (bicyclic) bond motifs is 1. The maximum atomic E-state index is 12.3. The Morgan fingerprint density at radius 1 is 1.31 bits per heavy atom. The fourth-order valence-corrected chi connectivity index (χ4v) is 5.56. The first-order valence-electron chi connectivity index (χ1n) is 8.91. The number of amides is 1. The third-order valence-corrected chi connectivity index (χ3v) is 7.48. The molecule has 1 amide bonds. The fraction of sp³-hybridized carbons (Fsp3) is 0.474. The SMILES string of the molecule is Cc1ccc(S(=O)(=O)CCCC(=O)Nc2nc3c(s2)C[C@@H](C)CC3)cc1. The van der Waals surface area contributed by atoms with Crippen LogP contribution in [0.15, 0.2) is 29.2 Å². The van der Waals surface area contributed by atoms with Gasteiger partial charge in [0.1, 0.15) is 0 Å². The Morgan fingerprint density at radius 3 is 2.77 bits per heavy atom. The van der Waals surface area contributed by atoms with Crippen LogP contribution in [0.25, 0.3) is 0 Å². The molecule has 2 aromatic rings. The molecule has 0 aliphatic heterocycles. The summed E-state index contributed by atoms with van der Waals surface area (Å²) in [5.41, 5.74) is 2.12. The maximum Gasteiger partial charge on any atom is 0.226 e. The highest BCUT2D eigenvalue weighted by Crippen LogP contribution is 2.32. The zero-order valence-electron chi connectivity index (χ0n) is 15.1. The highest BCUT2D eigenvalue weighted by molar-refractivity contribution is 7.91. The van der Waals surface area contributed by atoms with E-state index in [4.69, 9.17) is 0 Å². The van der Waals surface area contributed by atoms with Gasteiger partial charge in [-0.05, 0) is 50.7 Å². The number of thiazole rings is 1. The van der Waals surface area contributed by atoms with Crippen molar-refractivity contribution in [1.82, 2.24) is 4.98 Å². The number of anilines is 1. The van der Waals surface area contributed by atoms with Gasteiger partial charge in [0.05, 0.1) is 16.3 Å². The van der Waals surface area contributed by atoms with E-state index >= 15 is 0 Å². The number of rotatable bonds is 6. The molecule has 1 atom stereocenters. The van der Waals surface area contributed by atoms with E-state index in [2.05, 4.69) is 17.2 Å². The van der Waals surface area contributed by atoms with Crippen molar-refractivity contribution in [1.29, 1.82) is 0 Å². The number of carbonyl (C=O) groups is 1. The molecule has 1 aliphatic rings. The predicted octanol–water partition coefficient (Wildman–Crippen LogP) is 3.77. The number of aryl methyl sites for hydroxylation is 2. The summed E-state index contributed by atoms with van der Waals surface area (Å²) in [5.74, 6) is 0.455. The summed E-state index contributed by atoms with van der Waals surface area (Å²) >= 11 is 1.54. The van der Waals surface area contributed by atoms with Gasteiger partial charge in [-0.15, -0.1) is 11.3 Å². The summed E-state index contributed by atoms with van der Waals surface area (Å²) in [6.07, 6.45) is 3.60. The average Bonchev–Trinajstić information content (AvgIpc) is 2.96. The summed E-state index contributed by atoms with van der Waals surface area (Å²) in [6, 6.07) is 6.80. The van der Waals surface area contributed by atoms with Crippen LogP contribution in [0, 0.1) is 12.8 Å². The molecule has 26 heavy (non-hydrogen) atoms. The number of hydrogen-bond acceptors (Lipinski definition) is 5. The van der Waals surface area contributed by atoms with Gasteiger partial charge < -0.3 is 5.32 Å². The van der Waals surface area contributed by atoms with Crippen LogP contribution in [0.5, 0.6) is 0 Å². The smallest absolute Gasteiger partial charge is 0.226 e. The molecule has 0 spiro atoms. The van der Waals surface area contributed by atoms with Gasteiger partial charge in [0.15, 0.2) is 15.0 Å². The Hall–Kier alpha value is -1.73. The number of carbonyl (C=O) groups excluding carboxylic acids is 1. The van der Waals surface area contributed by atoms with Gasteiger partial charge >= 0.3 is 0 Å². The van der Waals surface area contributed by atoms with Crippen LogP contribution in [0.1, 0.15) is 42.3 Å². The van der Waals surface area contributed by atoms with Crippen LogP contribution in [0.3, 0.4) is 0 Å². The second kappa shape index (κ2) is 7.88. The minimum Gasteiger partial charge on any atom is -0.302 e. The maximum absolute atomic E-state index is 12.3. The van der Waals surface area contributed by atoms with Crippen LogP contribution in [-0.4, -0.2) is 25.1 Å². The second-order valence-corrected chi connectivity index (χ2v) is 10.2. The van der Waals surface area contributed by atoms with Crippen LogP contribution in [-0.2, 0) is 27.5 Å². The number of nitrogens with zero attached hydrogens (tertiary/aromatic N) is 1. The molecule has 1 N–H and O–H groups in total. The molecular formula is C19H24N2O3S2. The topological polar surface area (TPSA) is 76.1 Å². The molecule has 5 nitrogen and oxygen atoms in total. The first-order chi connectivity index (χ1) is 12.3. The summed E-state index contributed by atoms with van der Waals surface area (Å²) in [5, 5.41) is 3.46. The van der Waals surface area contributed by atoms with E-state index in [1.807, 2.05) is 6.92 Å². The van der Waals surface area contributed by atoms with Crippen molar-refractivity contribution in [3.05, 3.63) is 40.4 Å². The second-order valence-electron chi connectivity index (χ2n) is 7.02. The minimum atomic E-state index is -3.35. The zero-order chi connectivity index (χ0) is 18.7. The van der Waals surface area contributed by atoms with Gasteiger partial charge in [-0.3, -0.25) is 4.79 Å². The molecule has 3 rings (SSSR count). The van der Waals surface area contributed by atoms with E-state index < -0.39 is 9.84 Å². The predicted molar refractivity (Wildman–Crippen MR) is 104 cm³/mol. The third kappa shape index (κ3) is 4.71. The molecule has 0 saturated heterocycles. The van der Waals surface area contributed by atoms with Gasteiger partial charge in [0.25, 0.3) is 0 Å². The van der Waals surface area contributed by atoms with Crippen LogP contribution >= 0.6 is 11.3 Å². The zero-order valence-corrected chi connectivity index (χ0v) is 16.8. The molecular weight excluding hydrogens is 368 g/mol. The summed E-state index contributed by atoms with van der Waals surface area (Å²) in [7, 11) is -3.35. The highest BCUT2D eigenvalue weighted by Gasteiger charge is 2.20. The molecule has 0 fully saturated rings. The van der Waals surface area contributed by atoms with Gasteiger partial charge in [-0.25, -0.2) is 13.4 Å². The lowest BCUT2D eigenvalue weighted by molar-refractivity contribution is -0.116. The first kappa shape index (κ1) is 19.0. The van der Waals surface area contributed by atoms with Crippen molar-refractivity contribution in [2.24, 2.45) is 5.92 Å². The Labute approximate surface area is 158 Å². The number of nitrogens with one attached hydrogen (secondary N) is 1. The molecule has 1 aromatic heterocycles. The molecule has 140 valence electrons. The van der Waals surface area contributed by atoms with Crippen molar-refractivity contribution in [3.8, 4) is 0 Å². The van der Waals surface area contributed by atoms with Crippen molar-refractivity contribution in [3.63, 3.8) is 0 Å². The summed E-state index contributed by atoms with van der Waals surface area (Å²) in [6.45, 7) is 4.15. The van der Waals surface area contributed by atoms with Crippen molar-refractivity contribution in [2.45, 2.75) is 50.8 Å². The van der Waals surface area contributed by atoms with E-state index in [0.29, 0.717) is 22.4 Å². The van der Waals surface area contributed by atoms with Gasteiger partial charge in [-0.2, -0.15) is 0 Å². The van der Waals surface area contributed by atoms with Crippen molar-refractivity contribution < 1.29 is 13.2 Å². The van der Waals surface area contributed by atoms with Crippen LogP contribution < -0.4 is 5.32 Å². The Kier molecular flexibility index (Phi) is 5.77. The molecule has 0 saturated carbocycles. The van der Waals surface area contributed by atoms with Gasteiger partial charge in [0.2, 0.25) is 5.91 Å². The number of aromatic nitrogens is 1. The third-order valence-electron chi connectivity index (χ3n) is 4.63. The minimum absolute atomic E-state index is 0.0324. The lowest BCUT2D eigenvalue weighted by Gasteiger charge is -2.15. The largest absolute Gasteiger partial charge is 0.302 e. The molecule has 0 unspecified atom stereocenters. The quantitative estimate of drug-likeness (QED) is 0.812. The van der Waals surface area contributed by atoms with Crippen molar-refractivity contribution >= 4 is 32.2 Å². The normalized spacial score (nSPS) is 16.9. The van der Waals surface area contributed by atoms with Crippen LogP contribution in [0.2, 0.25) is 0 Å². The standard InChI is InChI=1S/C19H24N2O3S2/c1-13-5-8-15(9-6-13)26(23,24)11-3-4-18(22)21-19-20-16-10-7-14(2)12-17(16)25-19/h5-6,8-9,14H,3-4,7,10-12H2,1-2H3,(H,20,21,22)/t14-/m0/s1. The Morgan fingerprint density at radius 2 is 2.04 bits per heavy atom. The number of benzene rings is 1. The molecule has 1 aromatic carbocycles. The van der Waals surface area contributed by atoms with E-state index in [9.17, 15) is 13.2 Å². The highest BCUT2D eigenvalue weighted by atomic mass is 32.2. The molecule has 1 heterocycles. The monoisotopic (exact) mass is 392 g/mol. The summed E-state index contributed by atoms with van der Waals surface area (Å²) < 4.78 is 24.6. The van der Waals surface area contributed by atoms with E-state index in [-0.39, 0.29) is 18.1 Å². The van der Waals surface area contributed by atoms with E-state index in [1.54, 1.807) is 35.6 Å². The van der Waals surface area contributed by atoms with Crippen LogP contribution in [0.4, 0.5) is 5.13 Å². The van der Waals surface area contributed by atoms with Crippen molar-refractivity contribution in [2.75, 3.05) is 11.1 Å². The lowest BCUT2D eigenvalue weighted by atomic mass is 9.93. The molecule has 7 heteroatoms. The Balaban J connectivity index is 1.51. The first-order valence-corrected chi connectivity index (χ1v) is 11.4. The lowest BCUT2D eigenvalue weighted by Crippen LogP contribution is -2.14. The number of sulfone groups is 1. The fourth-order valence-electron chi connectivity index (χ4n) is 3.06. The molecule has 0 bridgehead atoms.